The molecule has 0 aliphatic heterocycles. The Kier molecular flexibility index (Phi) is 8.20. The number of carbonyl (C=O) groups is 3. The molecule has 5 aliphatic rings. The Balaban J connectivity index is 1.27. The largest absolute Gasteiger partial charge is 0.459 e. The van der Waals surface area contributed by atoms with Crippen LogP contribution in [0, 0.1) is 50.2 Å². The maximum Gasteiger partial charge on any atom is 0.303 e. The normalized spacial score (nSPS) is 39.8. The molecule has 1 amide bonds. The number of allylic oxidation sites excluding steroid dienone is 2. The fraction of sp³-hybridized carbons (Fsp3) is 0.674. The number of nitrogens with zero attached hydrogens (tertiary/aromatic N) is 1. The quantitative estimate of drug-likeness (QED) is 0.255. The summed E-state index contributed by atoms with van der Waals surface area (Å²) in [5, 5.41) is 4.43. The minimum absolute atomic E-state index is 0.00101. The molecule has 1 N–H and O–H groups in total. The Morgan fingerprint density at radius 3 is 2.24 bits per heavy atom. The van der Waals surface area contributed by atoms with E-state index in [1.165, 1.54) is 19.4 Å². The first-order valence-electron chi connectivity index (χ1n) is 19.1. The summed E-state index contributed by atoms with van der Waals surface area (Å²) in [4.78, 5) is 44.2. The summed E-state index contributed by atoms with van der Waals surface area (Å²) < 4.78 is 12.0. The van der Waals surface area contributed by atoms with E-state index in [2.05, 4.69) is 64.8 Å². The van der Waals surface area contributed by atoms with Gasteiger partial charge in [0, 0.05) is 30.8 Å². The molecule has 0 radical (unpaired) electrons. The van der Waals surface area contributed by atoms with Crippen molar-refractivity contribution >= 4 is 34.4 Å². The number of aromatic nitrogens is 1. The standard InChI is InChI=1S/C43H58N2O5/c1-26(46)49-33-25-40(7)34(39(5,6)36(33)50-27(2)47)16-18-42(9)35(40)15-14-29-30-24-38(3,4)19-21-43(30,22-20-41(29,42)8)37(48)45-32-17-23-44-31-13-11-10-12-28(31)32/h10-14,17,23,30,33-36H,15-16,18-22,24-25H2,1-9H3,(H,44,45,48)/t30-,33-,34-,35+,36-,40-,41+,42+,43-/m0/s1. The molecule has 9 atom stereocenters. The van der Waals surface area contributed by atoms with Gasteiger partial charge in [-0.15, -0.1) is 0 Å². The average molecular weight is 683 g/mol. The lowest BCUT2D eigenvalue weighted by atomic mass is 9.33. The van der Waals surface area contributed by atoms with Crippen LogP contribution in [0.25, 0.3) is 10.9 Å². The second-order valence-corrected chi connectivity index (χ2v) is 18.9. The number of nitrogens with one attached hydrogen (secondary N) is 1. The first-order chi connectivity index (χ1) is 23.4. The van der Waals surface area contributed by atoms with Gasteiger partial charge in [-0.25, -0.2) is 0 Å². The number of amides is 1. The van der Waals surface area contributed by atoms with Gasteiger partial charge in [0.25, 0.3) is 0 Å². The fourth-order valence-electron chi connectivity index (χ4n) is 12.9. The van der Waals surface area contributed by atoms with E-state index in [1.54, 1.807) is 6.20 Å². The second kappa shape index (κ2) is 11.6. The number of anilines is 1. The summed E-state index contributed by atoms with van der Waals surface area (Å²) in [7, 11) is 0. The van der Waals surface area contributed by atoms with Gasteiger partial charge in [0.2, 0.25) is 5.91 Å². The third kappa shape index (κ3) is 5.10. The molecular formula is C43H58N2O5. The number of benzene rings is 1. The maximum atomic E-state index is 14.8. The van der Waals surface area contributed by atoms with E-state index in [1.807, 2.05) is 30.3 Å². The van der Waals surface area contributed by atoms with Gasteiger partial charge in [-0.2, -0.15) is 0 Å². The summed E-state index contributed by atoms with van der Waals surface area (Å²) in [5.41, 5.74) is 2.37. The molecule has 7 rings (SSSR count). The molecule has 7 nitrogen and oxygen atoms in total. The molecule has 50 heavy (non-hydrogen) atoms. The highest BCUT2D eigenvalue weighted by Crippen LogP contribution is 2.76. The van der Waals surface area contributed by atoms with E-state index in [9.17, 15) is 14.4 Å². The molecule has 1 aromatic carbocycles. The van der Waals surface area contributed by atoms with Gasteiger partial charge in [0.15, 0.2) is 0 Å². The molecule has 0 bridgehead atoms. The predicted octanol–water partition coefficient (Wildman–Crippen LogP) is 9.45. The highest BCUT2D eigenvalue weighted by atomic mass is 16.6. The zero-order valence-corrected chi connectivity index (χ0v) is 31.8. The van der Waals surface area contributed by atoms with E-state index < -0.39 is 17.6 Å². The lowest BCUT2D eigenvalue weighted by Gasteiger charge is -2.71. The summed E-state index contributed by atoms with van der Waals surface area (Å²) >= 11 is 0. The van der Waals surface area contributed by atoms with Crippen LogP contribution in [-0.2, 0) is 23.9 Å². The van der Waals surface area contributed by atoms with Crippen molar-refractivity contribution in [2.75, 3.05) is 5.32 Å². The first kappa shape index (κ1) is 35.2. The zero-order valence-electron chi connectivity index (χ0n) is 31.8. The smallest absolute Gasteiger partial charge is 0.303 e. The van der Waals surface area contributed by atoms with Crippen molar-refractivity contribution in [2.24, 2.45) is 50.2 Å². The number of ether oxygens (including phenoxy) is 2. The van der Waals surface area contributed by atoms with Crippen molar-refractivity contribution in [2.45, 2.75) is 132 Å². The summed E-state index contributed by atoms with van der Waals surface area (Å²) in [5.74, 6) is 0.341. The molecule has 4 fully saturated rings. The Morgan fingerprint density at radius 2 is 1.52 bits per heavy atom. The van der Waals surface area contributed by atoms with Crippen molar-refractivity contribution in [1.82, 2.24) is 4.98 Å². The SMILES string of the molecule is CC(=O)O[C@H]1C[C@]2(C)[C@H]3CC=C4[C@@H]5CC(C)(C)CC[C@]5(C(=O)Nc5ccnc6ccccc56)CC[C@@]4(C)[C@]3(C)CC[C@H]2C(C)(C)[C@H]1OC(C)=O. The van der Waals surface area contributed by atoms with Crippen LogP contribution in [0.15, 0.2) is 48.2 Å². The summed E-state index contributed by atoms with van der Waals surface area (Å²) in [6.45, 7) is 19.6. The Labute approximate surface area is 298 Å². The predicted molar refractivity (Wildman–Crippen MR) is 196 cm³/mol. The van der Waals surface area contributed by atoms with Crippen LogP contribution < -0.4 is 5.32 Å². The Hall–Kier alpha value is -3.22. The highest BCUT2D eigenvalue weighted by molar-refractivity contribution is 6.03. The number of pyridine rings is 1. The number of carbonyl (C=O) groups excluding carboxylic acids is 3. The van der Waals surface area contributed by atoms with Gasteiger partial charge in [-0.05, 0) is 109 Å². The minimum Gasteiger partial charge on any atom is -0.459 e. The van der Waals surface area contributed by atoms with Gasteiger partial charge in [0.05, 0.1) is 16.6 Å². The number of hydrogen-bond acceptors (Lipinski definition) is 6. The van der Waals surface area contributed by atoms with E-state index in [0.29, 0.717) is 18.3 Å². The summed E-state index contributed by atoms with van der Waals surface area (Å²) in [6, 6.07) is 9.98. The van der Waals surface area contributed by atoms with Gasteiger partial charge in [-0.1, -0.05) is 78.3 Å². The van der Waals surface area contributed by atoms with Crippen molar-refractivity contribution in [1.29, 1.82) is 0 Å². The first-order valence-corrected chi connectivity index (χ1v) is 19.1. The Bertz CT molecular complexity index is 1760. The van der Waals surface area contributed by atoms with Crippen molar-refractivity contribution in [3.63, 3.8) is 0 Å². The van der Waals surface area contributed by atoms with Crippen LogP contribution in [0.3, 0.4) is 0 Å². The van der Waals surface area contributed by atoms with E-state index >= 15 is 0 Å². The second-order valence-electron chi connectivity index (χ2n) is 18.9. The maximum absolute atomic E-state index is 14.8. The van der Waals surface area contributed by atoms with Crippen molar-refractivity contribution < 1.29 is 23.9 Å². The molecule has 0 saturated heterocycles. The van der Waals surface area contributed by atoms with Crippen molar-refractivity contribution in [3.05, 3.63) is 48.2 Å². The third-order valence-electron chi connectivity index (χ3n) is 15.5. The number of hydrogen-bond donors (Lipinski definition) is 1. The van der Waals surface area contributed by atoms with E-state index in [0.717, 1.165) is 68.0 Å². The van der Waals surface area contributed by atoms with Gasteiger partial charge in [0.1, 0.15) is 12.2 Å². The number of rotatable bonds is 4. The highest BCUT2D eigenvalue weighted by Gasteiger charge is 2.70. The number of para-hydroxylation sites is 1. The topological polar surface area (TPSA) is 94.6 Å². The van der Waals surface area contributed by atoms with Crippen LogP contribution in [0.2, 0.25) is 0 Å². The lowest BCUT2D eigenvalue weighted by Crippen LogP contribution is -2.67. The fourth-order valence-corrected chi connectivity index (χ4v) is 12.9. The van der Waals surface area contributed by atoms with Crippen LogP contribution in [0.4, 0.5) is 5.69 Å². The minimum atomic E-state index is -0.487. The van der Waals surface area contributed by atoms with Gasteiger partial charge < -0.3 is 14.8 Å². The monoisotopic (exact) mass is 682 g/mol. The lowest BCUT2D eigenvalue weighted by molar-refractivity contribution is -0.243. The molecule has 7 heteroatoms. The van der Waals surface area contributed by atoms with E-state index in [4.69, 9.17) is 9.47 Å². The van der Waals surface area contributed by atoms with Crippen molar-refractivity contribution in [3.8, 4) is 0 Å². The Morgan fingerprint density at radius 1 is 0.820 bits per heavy atom. The van der Waals surface area contributed by atoms with Crippen LogP contribution in [0.5, 0.6) is 0 Å². The van der Waals surface area contributed by atoms with Crippen LogP contribution in [-0.4, -0.2) is 35.0 Å². The third-order valence-corrected chi connectivity index (χ3v) is 15.5. The molecular weight excluding hydrogens is 624 g/mol. The molecule has 4 saturated carbocycles. The van der Waals surface area contributed by atoms with Crippen LogP contribution in [0.1, 0.15) is 120 Å². The van der Waals surface area contributed by atoms with Crippen LogP contribution >= 0.6 is 0 Å². The molecule has 270 valence electrons. The molecule has 2 aromatic rings. The van der Waals surface area contributed by atoms with E-state index in [-0.39, 0.29) is 50.8 Å². The molecule has 0 unspecified atom stereocenters. The molecule has 5 aliphatic carbocycles. The number of fused-ring (bicyclic) bond motifs is 8. The zero-order chi connectivity index (χ0) is 36.1. The molecule has 1 aromatic heterocycles. The van der Waals surface area contributed by atoms with Gasteiger partial charge in [-0.3, -0.25) is 19.4 Å². The number of esters is 2. The molecule has 0 spiro atoms. The van der Waals surface area contributed by atoms with Gasteiger partial charge >= 0.3 is 11.9 Å². The summed E-state index contributed by atoms with van der Waals surface area (Å²) in [6.07, 6.45) is 11.9. The molecule has 1 heterocycles. The average Bonchev–Trinajstić information content (AvgIpc) is 3.02.